The highest BCUT2D eigenvalue weighted by atomic mass is 19.1. The molecule has 0 fully saturated rings. The monoisotopic (exact) mass is 424 g/mol. The maximum atomic E-state index is 13.8. The van der Waals surface area contributed by atoms with E-state index in [-0.39, 0.29) is 5.82 Å². The van der Waals surface area contributed by atoms with Gasteiger partial charge in [-0.3, -0.25) is 0 Å². The summed E-state index contributed by atoms with van der Waals surface area (Å²) in [5.74, 6) is 0.218. The van der Waals surface area contributed by atoms with Crippen LogP contribution in [0.5, 0.6) is 0 Å². The summed E-state index contributed by atoms with van der Waals surface area (Å²) in [7, 11) is 2.06. The predicted molar refractivity (Wildman–Crippen MR) is 129 cm³/mol. The molecule has 0 saturated heterocycles. The van der Waals surface area contributed by atoms with Gasteiger partial charge in [-0.05, 0) is 54.2 Å². The minimum atomic E-state index is -0.289. The van der Waals surface area contributed by atoms with Gasteiger partial charge in [0.15, 0.2) is 6.20 Å². The van der Waals surface area contributed by atoms with Gasteiger partial charge < -0.3 is 4.42 Å². The van der Waals surface area contributed by atoms with Crippen molar-refractivity contribution < 1.29 is 13.4 Å². The molecule has 0 aliphatic heterocycles. The Morgan fingerprint density at radius 1 is 0.844 bits per heavy atom. The van der Waals surface area contributed by atoms with Crippen LogP contribution in [0.15, 0.2) is 71.3 Å². The molecule has 2 heterocycles. The zero-order valence-electron chi connectivity index (χ0n) is 19.2. The van der Waals surface area contributed by atoms with Crippen LogP contribution in [0.25, 0.3) is 44.3 Å². The third kappa shape index (κ3) is 3.29. The summed E-state index contributed by atoms with van der Waals surface area (Å²) in [6, 6.07) is 20.0. The van der Waals surface area contributed by atoms with E-state index in [0.717, 1.165) is 33.2 Å². The van der Waals surface area contributed by atoms with Crippen molar-refractivity contribution in [3.63, 3.8) is 0 Å². The van der Waals surface area contributed by atoms with Crippen LogP contribution in [0.4, 0.5) is 4.39 Å². The molecule has 0 N–H and O–H groups in total. The largest absolute Gasteiger partial charge is 0.455 e. The predicted octanol–water partition coefficient (Wildman–Crippen LogP) is 7.62. The molecule has 0 bridgehead atoms. The summed E-state index contributed by atoms with van der Waals surface area (Å²) in [4.78, 5) is 0. The van der Waals surface area contributed by atoms with Gasteiger partial charge in [-0.25, -0.2) is 8.96 Å². The first-order valence-electron chi connectivity index (χ1n) is 11.1. The van der Waals surface area contributed by atoms with Crippen LogP contribution in [-0.2, 0) is 7.05 Å². The van der Waals surface area contributed by atoms with Crippen LogP contribution in [0.1, 0.15) is 36.5 Å². The fourth-order valence-corrected chi connectivity index (χ4v) is 4.62. The molecular formula is C29H27FNO+. The first-order chi connectivity index (χ1) is 15.3. The van der Waals surface area contributed by atoms with Crippen molar-refractivity contribution in [2.75, 3.05) is 0 Å². The lowest BCUT2D eigenvalue weighted by molar-refractivity contribution is -0.660. The molecule has 0 amide bonds. The molecule has 2 nitrogen and oxygen atoms in total. The first-order valence-corrected chi connectivity index (χ1v) is 11.1. The maximum absolute atomic E-state index is 13.8. The maximum Gasteiger partial charge on any atom is 0.216 e. The van der Waals surface area contributed by atoms with E-state index in [4.69, 9.17) is 4.42 Å². The molecule has 3 aromatic carbocycles. The van der Waals surface area contributed by atoms with E-state index in [9.17, 15) is 4.39 Å². The van der Waals surface area contributed by atoms with Crippen LogP contribution in [-0.4, -0.2) is 0 Å². The summed E-state index contributed by atoms with van der Waals surface area (Å²) in [5.41, 5.74) is 9.56. The Labute approximate surface area is 187 Å². The average Bonchev–Trinajstić information content (AvgIpc) is 3.12. The molecule has 32 heavy (non-hydrogen) atoms. The zero-order valence-corrected chi connectivity index (χ0v) is 19.2. The Kier molecular flexibility index (Phi) is 4.85. The molecule has 0 aliphatic rings. The highest BCUT2D eigenvalue weighted by Crippen LogP contribution is 2.38. The topological polar surface area (TPSA) is 17.0 Å². The number of fused-ring (bicyclic) bond motifs is 3. The number of benzene rings is 3. The van der Waals surface area contributed by atoms with Gasteiger partial charge in [0.2, 0.25) is 5.69 Å². The number of rotatable bonds is 3. The van der Waals surface area contributed by atoms with Gasteiger partial charge in [-0.2, -0.15) is 0 Å². The standard InChI is InChI=1S/C29H27FNO/c1-17(2)20-7-9-21(10-8-20)25-15-26(31(5)16-19(25)4)28-18(3)6-12-24-23-13-11-22(30)14-27(23)32-29(24)28/h6-17H,1-5H3/q+1. The molecule has 3 heteroatoms. The molecule has 0 spiro atoms. The summed E-state index contributed by atoms with van der Waals surface area (Å²) in [6.45, 7) is 8.67. The van der Waals surface area contributed by atoms with Gasteiger partial charge in [-0.1, -0.05) is 50.2 Å². The summed E-state index contributed by atoms with van der Waals surface area (Å²) in [5, 5.41) is 1.94. The van der Waals surface area contributed by atoms with Crippen molar-refractivity contribution in [1.29, 1.82) is 0 Å². The SMILES string of the molecule is Cc1c[n+](C)c(-c2c(C)ccc3c2oc2cc(F)ccc23)cc1-c1ccc(C(C)C)cc1. The number of aromatic nitrogens is 1. The van der Waals surface area contributed by atoms with E-state index in [1.165, 1.54) is 34.4 Å². The van der Waals surface area contributed by atoms with Crippen molar-refractivity contribution in [3.05, 3.63) is 89.4 Å². The van der Waals surface area contributed by atoms with Crippen molar-refractivity contribution in [2.45, 2.75) is 33.6 Å². The van der Waals surface area contributed by atoms with E-state index in [1.807, 2.05) is 0 Å². The zero-order chi connectivity index (χ0) is 22.6. The fourth-order valence-electron chi connectivity index (χ4n) is 4.62. The molecule has 0 aliphatic carbocycles. The quantitative estimate of drug-likeness (QED) is 0.272. The number of nitrogens with zero attached hydrogens (tertiary/aromatic N) is 1. The number of hydrogen-bond donors (Lipinski definition) is 0. The van der Waals surface area contributed by atoms with Crippen LogP contribution in [0, 0.1) is 19.7 Å². The first kappa shape index (κ1) is 20.4. The van der Waals surface area contributed by atoms with Crippen LogP contribution < -0.4 is 4.57 Å². The van der Waals surface area contributed by atoms with Crippen molar-refractivity contribution in [2.24, 2.45) is 7.05 Å². The van der Waals surface area contributed by atoms with E-state index in [2.05, 4.69) is 88.0 Å². The minimum absolute atomic E-state index is 0.289. The van der Waals surface area contributed by atoms with Gasteiger partial charge in [0.1, 0.15) is 24.0 Å². The van der Waals surface area contributed by atoms with Gasteiger partial charge in [0.05, 0.1) is 5.56 Å². The lowest BCUT2D eigenvalue weighted by Crippen LogP contribution is -2.31. The summed E-state index contributed by atoms with van der Waals surface area (Å²) >= 11 is 0. The Morgan fingerprint density at radius 2 is 1.56 bits per heavy atom. The lowest BCUT2D eigenvalue weighted by atomic mass is 9.94. The normalized spacial score (nSPS) is 11.7. The number of halogens is 1. The minimum Gasteiger partial charge on any atom is -0.455 e. The molecule has 0 atom stereocenters. The van der Waals surface area contributed by atoms with Gasteiger partial charge in [0, 0.05) is 28.5 Å². The number of aryl methyl sites for hydroxylation is 3. The molecule has 0 unspecified atom stereocenters. The second kappa shape index (κ2) is 7.59. The number of pyridine rings is 1. The Bertz CT molecular complexity index is 1480. The molecule has 160 valence electrons. The fraction of sp³-hybridized carbons (Fsp3) is 0.207. The van der Waals surface area contributed by atoms with Crippen molar-refractivity contribution >= 4 is 21.9 Å². The van der Waals surface area contributed by atoms with E-state index < -0.39 is 0 Å². The second-order valence-corrected chi connectivity index (χ2v) is 9.02. The van der Waals surface area contributed by atoms with Crippen LogP contribution in [0.3, 0.4) is 0 Å². The Balaban J connectivity index is 1.75. The van der Waals surface area contributed by atoms with Crippen LogP contribution in [0.2, 0.25) is 0 Å². The summed E-state index contributed by atoms with van der Waals surface area (Å²) in [6.07, 6.45) is 2.17. The van der Waals surface area contributed by atoms with Gasteiger partial charge >= 0.3 is 0 Å². The highest BCUT2D eigenvalue weighted by molar-refractivity contribution is 6.09. The molecule has 0 saturated carbocycles. The van der Waals surface area contributed by atoms with Gasteiger partial charge in [-0.15, -0.1) is 0 Å². The highest BCUT2D eigenvalue weighted by Gasteiger charge is 2.22. The molecule has 5 aromatic rings. The third-order valence-corrected chi connectivity index (χ3v) is 6.43. The van der Waals surface area contributed by atoms with Gasteiger partial charge in [0.25, 0.3) is 0 Å². The Hall–Kier alpha value is -3.46. The summed E-state index contributed by atoms with van der Waals surface area (Å²) < 4.78 is 22.2. The second-order valence-electron chi connectivity index (χ2n) is 9.02. The van der Waals surface area contributed by atoms with Crippen molar-refractivity contribution in [1.82, 2.24) is 0 Å². The molecular weight excluding hydrogens is 397 g/mol. The number of furan rings is 1. The Morgan fingerprint density at radius 3 is 2.28 bits per heavy atom. The molecule has 2 aromatic heterocycles. The lowest BCUT2D eigenvalue weighted by Gasteiger charge is -2.11. The number of hydrogen-bond acceptors (Lipinski definition) is 1. The van der Waals surface area contributed by atoms with E-state index in [1.54, 1.807) is 6.07 Å². The van der Waals surface area contributed by atoms with Crippen LogP contribution >= 0.6 is 0 Å². The third-order valence-electron chi connectivity index (χ3n) is 6.43. The smallest absolute Gasteiger partial charge is 0.216 e. The average molecular weight is 425 g/mol. The molecule has 5 rings (SSSR count). The van der Waals surface area contributed by atoms with E-state index in [0.29, 0.717) is 11.5 Å². The molecule has 0 radical (unpaired) electrons. The van der Waals surface area contributed by atoms with Crippen molar-refractivity contribution in [3.8, 4) is 22.4 Å². The van der Waals surface area contributed by atoms with E-state index >= 15 is 0 Å².